The summed E-state index contributed by atoms with van der Waals surface area (Å²) < 4.78 is 5.42. The number of piperidine rings is 1. The third-order valence-corrected chi connectivity index (χ3v) is 2.54. The van der Waals surface area contributed by atoms with E-state index in [9.17, 15) is 0 Å². The van der Waals surface area contributed by atoms with Crippen LogP contribution in [0.3, 0.4) is 0 Å². The minimum Gasteiger partial charge on any atom is -0.447 e. The van der Waals surface area contributed by atoms with E-state index in [0.29, 0.717) is 6.04 Å². The van der Waals surface area contributed by atoms with Crippen molar-refractivity contribution in [2.45, 2.75) is 38.6 Å². The predicted octanol–water partition coefficient (Wildman–Crippen LogP) is 2.05. The summed E-state index contributed by atoms with van der Waals surface area (Å²) in [5, 5.41) is 3.42. The minimum atomic E-state index is 0.356. The van der Waals surface area contributed by atoms with Crippen LogP contribution in [0.2, 0.25) is 0 Å². The molecule has 2 rings (SSSR count). The fourth-order valence-electron chi connectivity index (χ4n) is 1.71. The molecule has 1 aliphatic rings. The van der Waals surface area contributed by atoms with Gasteiger partial charge in [-0.3, -0.25) is 0 Å². The summed E-state index contributed by atoms with van der Waals surface area (Å²) in [4.78, 5) is 4.42. The quantitative estimate of drug-likeness (QED) is 0.757. The molecule has 1 fully saturated rings. The maximum absolute atomic E-state index is 5.42. The lowest BCUT2D eigenvalue weighted by Crippen LogP contribution is -2.26. The molecule has 13 heavy (non-hydrogen) atoms. The molecule has 72 valence electrons. The average molecular weight is 180 g/mol. The number of nitrogens with one attached hydrogen (secondary N) is 1. The van der Waals surface area contributed by atoms with Crippen LogP contribution in [0.5, 0.6) is 0 Å². The van der Waals surface area contributed by atoms with Gasteiger partial charge in [0.15, 0.2) is 0 Å². The van der Waals surface area contributed by atoms with Gasteiger partial charge in [0.05, 0.1) is 11.7 Å². The Bertz CT molecular complexity index is 264. The van der Waals surface area contributed by atoms with Gasteiger partial charge < -0.3 is 9.73 Å². The number of hydrogen-bond acceptors (Lipinski definition) is 3. The van der Waals surface area contributed by atoms with Crippen LogP contribution in [0.1, 0.15) is 43.8 Å². The lowest BCUT2D eigenvalue weighted by molar-refractivity contribution is 0.338. The van der Waals surface area contributed by atoms with Crippen molar-refractivity contribution in [3.63, 3.8) is 0 Å². The van der Waals surface area contributed by atoms with Crippen LogP contribution in [-0.4, -0.2) is 11.5 Å². The Morgan fingerprint density at radius 2 is 2.54 bits per heavy atom. The predicted molar refractivity (Wildman–Crippen MR) is 50.5 cm³/mol. The van der Waals surface area contributed by atoms with Crippen LogP contribution in [0, 0.1) is 0 Å². The van der Waals surface area contributed by atoms with Crippen LogP contribution in [0.25, 0.3) is 0 Å². The van der Waals surface area contributed by atoms with Gasteiger partial charge in [-0.15, -0.1) is 0 Å². The summed E-state index contributed by atoms with van der Waals surface area (Å²) in [6.07, 6.45) is 6.44. The van der Waals surface area contributed by atoms with Crippen molar-refractivity contribution in [3.8, 4) is 0 Å². The fraction of sp³-hybridized carbons (Fsp3) is 0.700. The molecule has 3 nitrogen and oxygen atoms in total. The third-order valence-electron chi connectivity index (χ3n) is 2.54. The Labute approximate surface area is 78.5 Å². The smallest absolute Gasteiger partial charge is 0.211 e. The average Bonchev–Trinajstić information content (AvgIpc) is 2.67. The number of rotatable bonds is 2. The molecule has 0 radical (unpaired) electrons. The van der Waals surface area contributed by atoms with Crippen LogP contribution < -0.4 is 5.32 Å². The molecule has 0 bridgehead atoms. The van der Waals surface area contributed by atoms with Gasteiger partial charge in [-0.25, -0.2) is 4.98 Å². The van der Waals surface area contributed by atoms with Crippen LogP contribution >= 0.6 is 0 Å². The van der Waals surface area contributed by atoms with Crippen LogP contribution in [0.15, 0.2) is 10.7 Å². The molecule has 0 saturated carbocycles. The van der Waals surface area contributed by atoms with E-state index in [0.717, 1.165) is 31.0 Å². The van der Waals surface area contributed by atoms with E-state index in [2.05, 4.69) is 17.2 Å². The Hall–Kier alpha value is -0.830. The first-order chi connectivity index (χ1) is 6.40. The molecular weight excluding hydrogens is 164 g/mol. The van der Waals surface area contributed by atoms with E-state index in [1.807, 2.05) is 0 Å². The number of nitrogens with zero attached hydrogens (tertiary/aromatic N) is 1. The monoisotopic (exact) mass is 180 g/mol. The van der Waals surface area contributed by atoms with Crippen molar-refractivity contribution in [1.82, 2.24) is 10.3 Å². The molecule has 0 amide bonds. The standard InChI is InChI=1S/C10H16N2O/c1-2-8-7-13-10(12-8)9-5-3-4-6-11-9/h7,9,11H,2-6H2,1H3. The number of aryl methyl sites for hydroxylation is 1. The highest BCUT2D eigenvalue weighted by Crippen LogP contribution is 2.22. The van der Waals surface area contributed by atoms with E-state index in [1.54, 1.807) is 6.26 Å². The normalized spacial score (nSPS) is 23.3. The van der Waals surface area contributed by atoms with Crippen molar-refractivity contribution in [2.75, 3.05) is 6.54 Å². The second kappa shape index (κ2) is 3.92. The molecule has 1 aliphatic heterocycles. The summed E-state index contributed by atoms with van der Waals surface area (Å²) in [5.41, 5.74) is 1.06. The molecule has 0 spiro atoms. The fourth-order valence-corrected chi connectivity index (χ4v) is 1.71. The van der Waals surface area contributed by atoms with Crippen molar-refractivity contribution in [3.05, 3.63) is 17.8 Å². The molecule has 1 unspecified atom stereocenters. The molecule has 1 saturated heterocycles. The molecule has 2 heterocycles. The highest BCUT2D eigenvalue weighted by molar-refractivity contribution is 5.00. The highest BCUT2D eigenvalue weighted by atomic mass is 16.3. The van der Waals surface area contributed by atoms with E-state index in [-0.39, 0.29) is 0 Å². The molecule has 1 aromatic rings. The van der Waals surface area contributed by atoms with Gasteiger partial charge in [0.25, 0.3) is 0 Å². The van der Waals surface area contributed by atoms with Gasteiger partial charge in [-0.05, 0) is 25.8 Å². The van der Waals surface area contributed by atoms with E-state index >= 15 is 0 Å². The Morgan fingerprint density at radius 1 is 1.62 bits per heavy atom. The summed E-state index contributed by atoms with van der Waals surface area (Å²) in [7, 11) is 0. The van der Waals surface area contributed by atoms with Gasteiger partial charge >= 0.3 is 0 Å². The first-order valence-electron chi connectivity index (χ1n) is 5.08. The van der Waals surface area contributed by atoms with E-state index in [4.69, 9.17) is 4.42 Å². The van der Waals surface area contributed by atoms with Crippen molar-refractivity contribution >= 4 is 0 Å². The Morgan fingerprint density at radius 3 is 3.15 bits per heavy atom. The van der Waals surface area contributed by atoms with Gasteiger partial charge in [0.1, 0.15) is 6.26 Å². The zero-order valence-corrected chi connectivity index (χ0v) is 8.05. The second-order valence-corrected chi connectivity index (χ2v) is 3.53. The van der Waals surface area contributed by atoms with Gasteiger partial charge in [0, 0.05) is 0 Å². The molecule has 0 aliphatic carbocycles. The molecule has 3 heteroatoms. The molecule has 1 atom stereocenters. The number of oxazole rings is 1. The van der Waals surface area contributed by atoms with Crippen LogP contribution in [-0.2, 0) is 6.42 Å². The van der Waals surface area contributed by atoms with Gasteiger partial charge in [0.2, 0.25) is 5.89 Å². The van der Waals surface area contributed by atoms with Crippen molar-refractivity contribution < 1.29 is 4.42 Å². The van der Waals surface area contributed by atoms with Gasteiger partial charge in [-0.2, -0.15) is 0 Å². The summed E-state index contributed by atoms with van der Waals surface area (Å²) >= 11 is 0. The second-order valence-electron chi connectivity index (χ2n) is 3.53. The zero-order valence-electron chi connectivity index (χ0n) is 8.05. The zero-order chi connectivity index (χ0) is 9.10. The maximum Gasteiger partial charge on any atom is 0.211 e. The molecule has 1 aromatic heterocycles. The van der Waals surface area contributed by atoms with E-state index < -0.39 is 0 Å². The van der Waals surface area contributed by atoms with Crippen molar-refractivity contribution in [1.29, 1.82) is 0 Å². The highest BCUT2D eigenvalue weighted by Gasteiger charge is 2.18. The minimum absolute atomic E-state index is 0.356. The first-order valence-corrected chi connectivity index (χ1v) is 5.08. The summed E-state index contributed by atoms with van der Waals surface area (Å²) in [5.74, 6) is 0.872. The summed E-state index contributed by atoms with van der Waals surface area (Å²) in [6.45, 7) is 3.18. The third kappa shape index (κ3) is 1.91. The number of aromatic nitrogens is 1. The first kappa shape index (κ1) is 8.75. The largest absolute Gasteiger partial charge is 0.447 e. The summed E-state index contributed by atoms with van der Waals surface area (Å²) in [6, 6.07) is 0.356. The van der Waals surface area contributed by atoms with Gasteiger partial charge in [-0.1, -0.05) is 13.3 Å². The van der Waals surface area contributed by atoms with Crippen LogP contribution in [0.4, 0.5) is 0 Å². The molecular formula is C10H16N2O. The number of hydrogen-bond donors (Lipinski definition) is 1. The lowest BCUT2D eigenvalue weighted by Gasteiger charge is -2.20. The van der Waals surface area contributed by atoms with E-state index in [1.165, 1.54) is 12.8 Å². The lowest BCUT2D eigenvalue weighted by atomic mass is 10.1. The molecule has 1 N–H and O–H groups in total. The molecule has 0 aromatic carbocycles. The maximum atomic E-state index is 5.42. The Kier molecular flexibility index (Phi) is 2.64. The SMILES string of the molecule is CCc1coc(C2CCCCN2)n1. The topological polar surface area (TPSA) is 38.1 Å². The van der Waals surface area contributed by atoms with Crippen molar-refractivity contribution in [2.24, 2.45) is 0 Å². The Balaban J connectivity index is 2.05.